The smallest absolute Gasteiger partial charge is 0.243 e. The molecule has 2 amide bonds. The van der Waals surface area contributed by atoms with Crippen LogP contribution in [0, 0.1) is 0 Å². The van der Waals surface area contributed by atoms with Crippen molar-refractivity contribution < 1.29 is 24.3 Å². The molecule has 0 radical (unpaired) electrons. The molecule has 2 unspecified atom stereocenters. The predicted octanol–water partition coefficient (Wildman–Crippen LogP) is 0.641. The normalized spacial score (nSPS) is 19.3. The largest absolute Gasteiger partial charge is 0.391 e. The molecule has 1 aromatic carbocycles. The first-order valence-electron chi connectivity index (χ1n) is 8.51. The van der Waals surface area contributed by atoms with Gasteiger partial charge in [-0.15, -0.1) is 0 Å². The summed E-state index contributed by atoms with van der Waals surface area (Å²) in [6, 6.07) is 7.81. The van der Waals surface area contributed by atoms with E-state index in [-0.39, 0.29) is 37.8 Å². The van der Waals surface area contributed by atoms with E-state index in [1.807, 2.05) is 0 Å². The molecule has 2 heterocycles. The molecule has 9 heteroatoms. The van der Waals surface area contributed by atoms with Crippen molar-refractivity contribution in [1.82, 2.24) is 15.4 Å². The van der Waals surface area contributed by atoms with Crippen molar-refractivity contribution in [2.45, 2.75) is 38.1 Å². The molecule has 0 bridgehead atoms. The third kappa shape index (κ3) is 4.85. The molecule has 3 N–H and O–H groups in total. The van der Waals surface area contributed by atoms with Gasteiger partial charge in [0.15, 0.2) is 0 Å². The van der Waals surface area contributed by atoms with Crippen molar-refractivity contribution in [2.75, 3.05) is 6.54 Å². The van der Waals surface area contributed by atoms with Crippen molar-refractivity contribution >= 4 is 23.4 Å². The lowest BCUT2D eigenvalue weighted by Gasteiger charge is -2.23. The van der Waals surface area contributed by atoms with Gasteiger partial charge in [-0.3, -0.25) is 9.59 Å². The lowest BCUT2D eigenvalue weighted by Crippen LogP contribution is -2.46. The zero-order valence-corrected chi connectivity index (χ0v) is 15.2. The highest BCUT2D eigenvalue weighted by Gasteiger charge is 2.38. The molecule has 144 valence electrons. The van der Waals surface area contributed by atoms with Gasteiger partial charge in [0.25, 0.3) is 0 Å². The molecule has 2 atom stereocenters. The molecule has 2 aromatic rings. The van der Waals surface area contributed by atoms with E-state index in [1.165, 1.54) is 11.0 Å². The summed E-state index contributed by atoms with van der Waals surface area (Å²) in [6.45, 7) is 0.0985. The van der Waals surface area contributed by atoms with Gasteiger partial charge < -0.3 is 25.0 Å². The number of nitrogens with one attached hydrogen (secondary N) is 1. The maximum absolute atomic E-state index is 12.6. The lowest BCUT2D eigenvalue weighted by atomic mass is 10.1. The average molecular weight is 394 g/mol. The van der Waals surface area contributed by atoms with Crippen LogP contribution in [0.1, 0.15) is 23.4 Å². The zero-order valence-electron chi connectivity index (χ0n) is 14.5. The topological polar surface area (TPSA) is 116 Å². The number of aliphatic hydroxyl groups excluding tert-OH is 2. The van der Waals surface area contributed by atoms with E-state index in [9.17, 15) is 14.7 Å². The Labute approximate surface area is 160 Å². The fraction of sp³-hybridized carbons (Fsp3) is 0.389. The van der Waals surface area contributed by atoms with Crippen molar-refractivity contribution in [2.24, 2.45) is 0 Å². The van der Waals surface area contributed by atoms with Gasteiger partial charge >= 0.3 is 0 Å². The first kappa shape index (κ1) is 19.3. The van der Waals surface area contributed by atoms with E-state index >= 15 is 0 Å². The number of amides is 2. The highest BCUT2D eigenvalue weighted by molar-refractivity contribution is 6.30. The first-order chi connectivity index (χ1) is 13.0. The van der Waals surface area contributed by atoms with Gasteiger partial charge in [-0.1, -0.05) is 28.9 Å². The summed E-state index contributed by atoms with van der Waals surface area (Å²) in [4.78, 5) is 26.4. The summed E-state index contributed by atoms with van der Waals surface area (Å²) in [5.74, 6) is -0.381. The molecule has 1 fully saturated rings. The second kappa shape index (κ2) is 8.51. The average Bonchev–Trinajstić information content (AvgIpc) is 3.27. The Hall–Kier alpha value is -2.42. The quantitative estimate of drug-likeness (QED) is 0.663. The molecule has 0 saturated carbocycles. The zero-order chi connectivity index (χ0) is 19.4. The summed E-state index contributed by atoms with van der Waals surface area (Å²) < 4.78 is 4.99. The number of aliphatic hydroxyl groups is 2. The number of benzene rings is 1. The van der Waals surface area contributed by atoms with E-state index in [1.54, 1.807) is 24.3 Å². The van der Waals surface area contributed by atoms with Gasteiger partial charge in [0, 0.05) is 30.6 Å². The van der Waals surface area contributed by atoms with Crippen LogP contribution in [0.15, 0.2) is 34.9 Å². The molecular weight excluding hydrogens is 374 g/mol. The number of rotatable bonds is 6. The van der Waals surface area contributed by atoms with E-state index < -0.39 is 12.1 Å². The van der Waals surface area contributed by atoms with Crippen molar-refractivity contribution in [3.05, 3.63) is 52.4 Å². The van der Waals surface area contributed by atoms with Crippen LogP contribution in [0.2, 0.25) is 5.02 Å². The van der Waals surface area contributed by atoms with Crippen LogP contribution >= 0.6 is 11.6 Å². The molecule has 1 aliphatic rings. The fourth-order valence-electron chi connectivity index (χ4n) is 3.01. The monoisotopic (exact) mass is 393 g/mol. The number of β-amino-alcohol motifs (C(OH)–C–C–N with tert-alkyl or cyclic N) is 1. The minimum Gasteiger partial charge on any atom is -0.391 e. The molecule has 0 aliphatic carbocycles. The Morgan fingerprint density at radius 1 is 1.33 bits per heavy atom. The SMILES string of the molecule is O=C(NCc1ccc(Cl)cc1)C1CC(O)CN1C(=O)Cc1cc(CO)no1. The molecule has 3 rings (SSSR count). The molecule has 0 spiro atoms. The highest BCUT2D eigenvalue weighted by atomic mass is 35.5. The highest BCUT2D eigenvalue weighted by Crippen LogP contribution is 2.20. The Kier molecular flexibility index (Phi) is 6.10. The third-order valence-corrected chi connectivity index (χ3v) is 4.63. The minimum absolute atomic E-state index is 0.0822. The Morgan fingerprint density at radius 2 is 2.07 bits per heavy atom. The number of likely N-dealkylation sites (tertiary alicyclic amines) is 1. The maximum atomic E-state index is 12.6. The molecule has 1 aromatic heterocycles. The number of aromatic nitrogens is 1. The van der Waals surface area contributed by atoms with Crippen LogP contribution in [0.25, 0.3) is 0 Å². The number of hydrogen-bond acceptors (Lipinski definition) is 6. The van der Waals surface area contributed by atoms with Crippen LogP contribution in [0.4, 0.5) is 0 Å². The van der Waals surface area contributed by atoms with Gasteiger partial charge in [-0.2, -0.15) is 0 Å². The van der Waals surface area contributed by atoms with Crippen LogP contribution in [0.3, 0.4) is 0 Å². The van der Waals surface area contributed by atoms with E-state index in [0.717, 1.165) is 5.56 Å². The molecule has 8 nitrogen and oxygen atoms in total. The minimum atomic E-state index is -0.761. The van der Waals surface area contributed by atoms with Crippen LogP contribution in [-0.2, 0) is 29.2 Å². The second-order valence-electron chi connectivity index (χ2n) is 6.42. The first-order valence-corrected chi connectivity index (χ1v) is 8.89. The Morgan fingerprint density at radius 3 is 2.74 bits per heavy atom. The molecule has 27 heavy (non-hydrogen) atoms. The number of carbonyl (C=O) groups is 2. The van der Waals surface area contributed by atoms with Gasteiger partial charge in [0.1, 0.15) is 17.5 Å². The number of halogens is 1. The van der Waals surface area contributed by atoms with Crippen molar-refractivity contribution in [3.8, 4) is 0 Å². The summed E-state index contributed by atoms with van der Waals surface area (Å²) in [5, 5.41) is 26.0. The molecule has 1 saturated heterocycles. The van der Waals surface area contributed by atoms with E-state index in [4.69, 9.17) is 21.2 Å². The predicted molar refractivity (Wildman–Crippen MR) is 95.6 cm³/mol. The molecular formula is C18H20ClN3O5. The summed E-state index contributed by atoms with van der Waals surface area (Å²) in [7, 11) is 0. The van der Waals surface area contributed by atoms with Gasteiger partial charge in [-0.25, -0.2) is 0 Å². The van der Waals surface area contributed by atoms with Crippen LogP contribution in [-0.4, -0.2) is 50.8 Å². The van der Waals surface area contributed by atoms with Crippen molar-refractivity contribution in [3.63, 3.8) is 0 Å². The number of nitrogens with zero attached hydrogens (tertiary/aromatic N) is 2. The maximum Gasteiger partial charge on any atom is 0.243 e. The van der Waals surface area contributed by atoms with Crippen LogP contribution in [0.5, 0.6) is 0 Å². The molecule has 1 aliphatic heterocycles. The number of carbonyl (C=O) groups excluding carboxylic acids is 2. The Balaban J connectivity index is 1.61. The third-order valence-electron chi connectivity index (χ3n) is 4.38. The van der Waals surface area contributed by atoms with E-state index in [0.29, 0.717) is 23.0 Å². The second-order valence-corrected chi connectivity index (χ2v) is 6.85. The lowest BCUT2D eigenvalue weighted by molar-refractivity contribution is -0.138. The van der Waals surface area contributed by atoms with E-state index in [2.05, 4.69) is 10.5 Å². The van der Waals surface area contributed by atoms with Crippen molar-refractivity contribution in [1.29, 1.82) is 0 Å². The van der Waals surface area contributed by atoms with Gasteiger partial charge in [0.05, 0.1) is 19.1 Å². The summed E-state index contributed by atoms with van der Waals surface area (Å²) >= 11 is 5.84. The fourth-order valence-corrected chi connectivity index (χ4v) is 3.14. The summed E-state index contributed by atoms with van der Waals surface area (Å²) in [5.41, 5.74) is 1.21. The standard InChI is InChI=1S/C18H20ClN3O5/c19-12-3-1-11(2-4-12)8-20-18(26)16-6-14(24)9-22(16)17(25)7-15-5-13(10-23)21-27-15/h1-5,14,16,23-24H,6-10H2,(H,20,26). The number of hydrogen-bond donors (Lipinski definition) is 3. The van der Waals surface area contributed by atoms with Crippen LogP contribution < -0.4 is 5.32 Å². The Bertz CT molecular complexity index is 808. The van der Waals surface area contributed by atoms with Gasteiger partial charge in [-0.05, 0) is 17.7 Å². The van der Waals surface area contributed by atoms with Gasteiger partial charge in [0.2, 0.25) is 11.8 Å². The summed E-state index contributed by atoms with van der Waals surface area (Å²) in [6.07, 6.45) is -0.681.